The van der Waals surface area contributed by atoms with Gasteiger partial charge in [-0.25, -0.2) is 4.98 Å². The molecule has 23 heavy (non-hydrogen) atoms. The molecule has 1 nitrogen and oxygen atoms in total. The fourth-order valence-electron chi connectivity index (χ4n) is 2.84. The summed E-state index contributed by atoms with van der Waals surface area (Å²) < 4.78 is 1.06. The van der Waals surface area contributed by atoms with Crippen molar-refractivity contribution >= 4 is 26.8 Å². The van der Waals surface area contributed by atoms with Crippen LogP contribution in [0.25, 0.3) is 33.3 Å². The van der Waals surface area contributed by atoms with E-state index in [9.17, 15) is 0 Å². The van der Waals surface area contributed by atoms with Crippen LogP contribution in [0.3, 0.4) is 0 Å². The van der Waals surface area contributed by atoms with Gasteiger partial charge in [-0.1, -0.05) is 82.7 Å². The summed E-state index contributed by atoms with van der Waals surface area (Å²) in [6.45, 7) is 0. The van der Waals surface area contributed by atoms with Crippen LogP contribution in [0.15, 0.2) is 89.4 Å². The van der Waals surface area contributed by atoms with E-state index in [1.807, 2.05) is 30.3 Å². The SMILES string of the molecule is Brc1ccccc1-c1cc(-c2ccccc2)c2ccccc2n1. The molecule has 0 atom stereocenters. The molecule has 0 fully saturated rings. The van der Waals surface area contributed by atoms with E-state index < -0.39 is 0 Å². The van der Waals surface area contributed by atoms with Gasteiger partial charge in [-0.2, -0.15) is 0 Å². The molecule has 0 amide bonds. The highest BCUT2D eigenvalue weighted by molar-refractivity contribution is 9.10. The molecule has 0 saturated heterocycles. The summed E-state index contributed by atoms with van der Waals surface area (Å²) in [4.78, 5) is 4.86. The van der Waals surface area contributed by atoms with Crippen molar-refractivity contribution in [3.63, 3.8) is 0 Å². The number of hydrogen-bond acceptors (Lipinski definition) is 1. The standard InChI is InChI=1S/C21H14BrN/c22-19-12-6-4-11-17(19)21-14-18(15-8-2-1-3-9-15)16-10-5-7-13-20(16)23-21/h1-14H. The minimum atomic E-state index is 0.982. The number of hydrogen-bond donors (Lipinski definition) is 0. The zero-order valence-corrected chi connectivity index (χ0v) is 14.0. The van der Waals surface area contributed by atoms with Gasteiger partial charge in [0, 0.05) is 15.4 Å². The van der Waals surface area contributed by atoms with Crippen molar-refractivity contribution in [2.45, 2.75) is 0 Å². The number of pyridine rings is 1. The predicted molar refractivity (Wildman–Crippen MR) is 100 cm³/mol. The maximum atomic E-state index is 4.86. The van der Waals surface area contributed by atoms with Gasteiger partial charge < -0.3 is 0 Å². The fraction of sp³-hybridized carbons (Fsp3) is 0. The second-order valence-electron chi connectivity index (χ2n) is 5.42. The summed E-state index contributed by atoms with van der Waals surface area (Å²) in [5.41, 5.74) is 5.52. The van der Waals surface area contributed by atoms with Crippen molar-refractivity contribution in [3.05, 3.63) is 89.4 Å². The minimum Gasteiger partial charge on any atom is -0.248 e. The summed E-state index contributed by atoms with van der Waals surface area (Å²) in [7, 11) is 0. The van der Waals surface area contributed by atoms with Crippen LogP contribution in [-0.4, -0.2) is 4.98 Å². The molecule has 0 saturated carbocycles. The number of nitrogens with zero attached hydrogens (tertiary/aromatic N) is 1. The quantitative estimate of drug-likeness (QED) is 0.407. The van der Waals surface area contributed by atoms with Gasteiger partial charge in [0.2, 0.25) is 0 Å². The van der Waals surface area contributed by atoms with Gasteiger partial charge in [0.15, 0.2) is 0 Å². The Balaban J connectivity index is 2.04. The topological polar surface area (TPSA) is 12.9 Å². The molecule has 1 aromatic heterocycles. The highest BCUT2D eigenvalue weighted by atomic mass is 79.9. The van der Waals surface area contributed by atoms with Crippen LogP contribution in [-0.2, 0) is 0 Å². The fourth-order valence-corrected chi connectivity index (χ4v) is 3.33. The smallest absolute Gasteiger partial charge is 0.0727 e. The zero-order chi connectivity index (χ0) is 15.6. The predicted octanol–water partition coefficient (Wildman–Crippen LogP) is 6.33. The lowest BCUT2D eigenvalue weighted by Gasteiger charge is -2.11. The van der Waals surface area contributed by atoms with Crippen molar-refractivity contribution in [1.82, 2.24) is 4.98 Å². The summed E-state index contributed by atoms with van der Waals surface area (Å²) in [6, 6.07) is 29.2. The van der Waals surface area contributed by atoms with E-state index in [2.05, 4.69) is 70.5 Å². The summed E-state index contributed by atoms with van der Waals surface area (Å²) in [6.07, 6.45) is 0. The number of para-hydroxylation sites is 1. The van der Waals surface area contributed by atoms with Crippen molar-refractivity contribution < 1.29 is 0 Å². The second kappa shape index (κ2) is 5.98. The van der Waals surface area contributed by atoms with E-state index in [1.165, 1.54) is 16.5 Å². The molecule has 0 N–H and O–H groups in total. The Labute approximate surface area is 143 Å². The minimum absolute atomic E-state index is 0.982. The molecule has 1 heterocycles. The highest BCUT2D eigenvalue weighted by Crippen LogP contribution is 2.34. The molecule has 0 bridgehead atoms. The van der Waals surface area contributed by atoms with Gasteiger partial charge in [-0.15, -0.1) is 0 Å². The number of halogens is 1. The first-order valence-corrected chi connectivity index (χ1v) is 8.32. The zero-order valence-electron chi connectivity index (χ0n) is 12.4. The van der Waals surface area contributed by atoms with Crippen LogP contribution in [0.1, 0.15) is 0 Å². The molecule has 3 aromatic carbocycles. The summed E-state index contributed by atoms with van der Waals surface area (Å²) >= 11 is 3.64. The van der Waals surface area contributed by atoms with E-state index >= 15 is 0 Å². The molecule has 0 radical (unpaired) electrons. The molecule has 4 rings (SSSR count). The van der Waals surface area contributed by atoms with E-state index in [0.717, 1.165) is 21.2 Å². The van der Waals surface area contributed by atoms with Gasteiger partial charge in [0.05, 0.1) is 11.2 Å². The Morgan fingerprint density at radius 2 is 1.35 bits per heavy atom. The van der Waals surface area contributed by atoms with E-state index in [4.69, 9.17) is 4.98 Å². The highest BCUT2D eigenvalue weighted by Gasteiger charge is 2.10. The third kappa shape index (κ3) is 2.66. The lowest BCUT2D eigenvalue weighted by molar-refractivity contribution is 1.39. The Morgan fingerprint density at radius 3 is 2.17 bits per heavy atom. The van der Waals surface area contributed by atoms with Gasteiger partial charge in [-0.05, 0) is 29.3 Å². The van der Waals surface area contributed by atoms with Crippen molar-refractivity contribution in [1.29, 1.82) is 0 Å². The van der Waals surface area contributed by atoms with E-state index in [0.29, 0.717) is 0 Å². The average molecular weight is 360 g/mol. The van der Waals surface area contributed by atoms with E-state index in [-0.39, 0.29) is 0 Å². The first kappa shape index (κ1) is 14.2. The van der Waals surface area contributed by atoms with Crippen LogP contribution in [0.2, 0.25) is 0 Å². The van der Waals surface area contributed by atoms with Crippen LogP contribution in [0.4, 0.5) is 0 Å². The van der Waals surface area contributed by atoms with E-state index in [1.54, 1.807) is 0 Å². The maximum Gasteiger partial charge on any atom is 0.0727 e. The molecule has 0 aliphatic heterocycles. The second-order valence-corrected chi connectivity index (χ2v) is 6.27. The van der Waals surface area contributed by atoms with Crippen molar-refractivity contribution in [2.75, 3.05) is 0 Å². The Bertz CT molecular complexity index is 977. The number of fused-ring (bicyclic) bond motifs is 1. The maximum absolute atomic E-state index is 4.86. The number of rotatable bonds is 2. The Morgan fingerprint density at radius 1 is 0.652 bits per heavy atom. The molecule has 0 aliphatic carbocycles. The summed E-state index contributed by atoms with van der Waals surface area (Å²) in [5, 5.41) is 1.18. The van der Waals surface area contributed by atoms with Crippen LogP contribution >= 0.6 is 15.9 Å². The molecule has 0 aliphatic rings. The molecular formula is C21H14BrN. The Hall–Kier alpha value is -2.45. The van der Waals surface area contributed by atoms with Crippen molar-refractivity contribution in [2.24, 2.45) is 0 Å². The largest absolute Gasteiger partial charge is 0.248 e. The van der Waals surface area contributed by atoms with Crippen LogP contribution in [0.5, 0.6) is 0 Å². The lowest BCUT2D eigenvalue weighted by atomic mass is 9.98. The molecule has 4 aromatic rings. The number of benzene rings is 3. The van der Waals surface area contributed by atoms with Crippen LogP contribution < -0.4 is 0 Å². The first-order valence-electron chi connectivity index (χ1n) is 7.53. The van der Waals surface area contributed by atoms with Gasteiger partial charge in [0.1, 0.15) is 0 Å². The first-order chi connectivity index (χ1) is 11.3. The molecule has 110 valence electrons. The molecular weight excluding hydrogens is 346 g/mol. The number of aromatic nitrogens is 1. The third-order valence-corrected chi connectivity index (χ3v) is 4.64. The van der Waals surface area contributed by atoms with Gasteiger partial charge >= 0.3 is 0 Å². The Kier molecular flexibility index (Phi) is 3.68. The third-order valence-electron chi connectivity index (χ3n) is 3.95. The van der Waals surface area contributed by atoms with Crippen molar-refractivity contribution in [3.8, 4) is 22.4 Å². The van der Waals surface area contributed by atoms with Gasteiger partial charge in [0.25, 0.3) is 0 Å². The summed E-state index contributed by atoms with van der Waals surface area (Å²) in [5.74, 6) is 0. The van der Waals surface area contributed by atoms with Gasteiger partial charge in [-0.3, -0.25) is 0 Å². The molecule has 0 spiro atoms. The molecule has 2 heteroatoms. The lowest BCUT2D eigenvalue weighted by Crippen LogP contribution is -1.90. The normalized spacial score (nSPS) is 10.8. The molecule has 0 unspecified atom stereocenters. The average Bonchev–Trinajstić information content (AvgIpc) is 2.62. The van der Waals surface area contributed by atoms with Crippen LogP contribution in [0, 0.1) is 0 Å². The monoisotopic (exact) mass is 359 g/mol.